The van der Waals surface area contributed by atoms with Crippen LogP contribution in [0.3, 0.4) is 0 Å². The first-order valence-corrected chi connectivity index (χ1v) is 54.7. The molecule has 0 amide bonds. The van der Waals surface area contributed by atoms with Crippen LogP contribution in [-0.2, 0) is 86.7 Å². The normalized spacial score (nSPS) is 16.2. The molecule has 0 unspecified atom stereocenters. The zero-order chi connectivity index (χ0) is 106. The molecule has 3 aliphatic carbocycles. The van der Waals surface area contributed by atoms with Crippen molar-refractivity contribution in [1.82, 2.24) is 59.3 Å². The van der Waals surface area contributed by atoms with Crippen LogP contribution in [0.1, 0.15) is 174 Å². The average Bonchev–Trinajstić information content (AvgIpc) is 1.83. The van der Waals surface area contributed by atoms with Gasteiger partial charge in [-0.15, -0.1) is 34.0 Å². The fourth-order valence-electron chi connectivity index (χ4n) is 17.7. The molecule has 6 fully saturated rings. The Morgan fingerprint density at radius 2 is 0.685 bits per heavy atom. The van der Waals surface area contributed by atoms with Crippen LogP contribution in [0.4, 0.5) is 13.2 Å². The third-order valence-corrected chi connectivity index (χ3v) is 31.3. The minimum Gasteiger partial charge on any atom is -0.481 e. The number of carbonyl (C=O) groups excluding carboxylic acids is 6. The number of carboxylic acids is 1. The summed E-state index contributed by atoms with van der Waals surface area (Å²) < 4.78 is 81.5. The molecule has 18 rings (SSSR count). The number of halogens is 3. The Bertz CT molecular complexity index is 6290. The summed E-state index contributed by atoms with van der Waals surface area (Å²) in [6, 6.07) is 37.9. The number of aliphatic hydroxyl groups excluding tert-OH is 1. The standard InChI is InChI=1S/2C37H43FN4O4S.C31H33FN4O3S.C11H20O4/c2*1-24(2)25(3)37(44)45-17-16-41-12-14-42(15-13-41)23-28-6-8-31(40-22-28)35-21-32-36(47-35)34(10-11-39-32)46-33-9-7-27(20-30(33)38)19-29(43)18-26-4-5-26;32-25-17-22(16-24(38)15-21-1-2-21)4-6-28(25)39-29-7-8-33-27-18-30(40-31(27)29)26-5-3-23(19-34-26)20-36-11-9-35(10-12-36)13-14-37;1-7(2)8(10(13)14)6-9(12)15-11(3,4)5/h2*6-11,20-22,24-26H,4-5,12-19,23H2,1-3H3;3-8,17-19,21,37H,1-2,9-16,20H2;7-8H,6H2,1-5H3,(H,13,14)/t2*25-;;8-/m00.0/s1. The third-order valence-electron chi connectivity index (χ3n) is 27.9. The fraction of sp³-hybridized carbons (Fsp3) is 0.474. The first-order chi connectivity index (χ1) is 71.6. The smallest absolute Gasteiger partial charge is 0.308 e. The van der Waals surface area contributed by atoms with E-state index in [1.54, 1.807) is 108 Å². The Morgan fingerprint density at radius 1 is 0.383 bits per heavy atom. The number of ether oxygens (including phenoxy) is 6. The lowest BCUT2D eigenvalue weighted by Crippen LogP contribution is -2.47. The molecule has 3 aromatic carbocycles. The second-order valence-corrected chi connectivity index (χ2v) is 45.4. The third kappa shape index (κ3) is 33.6. The van der Waals surface area contributed by atoms with Crippen molar-refractivity contribution in [3.63, 3.8) is 0 Å². The molecule has 149 heavy (non-hydrogen) atoms. The number of ketones is 3. The Hall–Kier alpha value is -11.8. The second-order valence-electron chi connectivity index (χ2n) is 42.2. The maximum Gasteiger partial charge on any atom is 0.308 e. The molecular formula is C116H139F3N12O15S3. The molecule has 3 aliphatic heterocycles. The van der Waals surface area contributed by atoms with Crippen LogP contribution in [0, 0.1) is 70.7 Å². The van der Waals surface area contributed by atoms with Crippen LogP contribution in [0.2, 0.25) is 0 Å². The molecule has 12 aromatic rings. The number of aromatic nitrogens is 6. The Kier molecular flexibility index (Phi) is 39.5. The fourth-order valence-corrected chi connectivity index (χ4v) is 20.8. The molecule has 2 N–H and O–H groups in total. The van der Waals surface area contributed by atoms with Gasteiger partial charge < -0.3 is 38.6 Å². The number of rotatable bonds is 43. The zero-order valence-electron chi connectivity index (χ0n) is 87.3. The number of fused-ring (bicyclic) bond motifs is 3. The summed E-state index contributed by atoms with van der Waals surface area (Å²) in [6.45, 7) is 38.2. The van der Waals surface area contributed by atoms with Gasteiger partial charge in [0.15, 0.2) is 34.7 Å². The van der Waals surface area contributed by atoms with Crippen molar-refractivity contribution in [2.24, 2.45) is 53.3 Å². The average molecular weight is 2090 g/mol. The first-order valence-electron chi connectivity index (χ1n) is 52.3. The number of Topliss-reactive ketones (excluding diaryl/α,β-unsaturated/α-hetero) is 3. The van der Waals surface area contributed by atoms with Crippen LogP contribution in [0.15, 0.2) is 165 Å². The highest BCUT2D eigenvalue weighted by Crippen LogP contribution is 2.45. The van der Waals surface area contributed by atoms with Gasteiger partial charge in [0.25, 0.3) is 0 Å². The molecule has 0 bridgehead atoms. The number of β-amino-alcohol motifs (C(OH)–C–C–N with tert-alkyl or cyclic N) is 1. The van der Waals surface area contributed by atoms with Crippen LogP contribution in [-0.4, -0.2) is 234 Å². The molecule has 792 valence electrons. The number of piperazine rings is 3. The van der Waals surface area contributed by atoms with Crippen LogP contribution in [0.5, 0.6) is 34.5 Å². The van der Waals surface area contributed by atoms with E-state index in [2.05, 4.69) is 62.6 Å². The largest absolute Gasteiger partial charge is 0.481 e. The minimum absolute atomic E-state index is 0.0652. The lowest BCUT2D eigenvalue weighted by molar-refractivity contribution is -0.160. The van der Waals surface area contributed by atoms with Gasteiger partial charge in [-0.25, -0.2) is 13.2 Å². The van der Waals surface area contributed by atoms with E-state index in [0.29, 0.717) is 84.2 Å². The number of pyridine rings is 6. The van der Waals surface area contributed by atoms with Gasteiger partial charge in [0.2, 0.25) is 0 Å². The number of carbonyl (C=O) groups is 7. The van der Waals surface area contributed by atoms with Crippen molar-refractivity contribution >= 4 is 106 Å². The van der Waals surface area contributed by atoms with Gasteiger partial charge in [-0.3, -0.25) is 92.9 Å². The number of aliphatic hydroxyl groups is 1. The van der Waals surface area contributed by atoms with Crippen LogP contribution in [0.25, 0.3) is 62.4 Å². The molecule has 12 heterocycles. The molecule has 3 saturated carbocycles. The summed E-state index contributed by atoms with van der Waals surface area (Å²) in [6.07, 6.45) is 20.0. The maximum atomic E-state index is 15.0. The summed E-state index contributed by atoms with van der Waals surface area (Å²) in [5.41, 5.74) is 9.76. The Balaban J connectivity index is 0.000000157. The van der Waals surface area contributed by atoms with Crippen molar-refractivity contribution in [2.45, 2.75) is 185 Å². The van der Waals surface area contributed by atoms with E-state index in [4.69, 9.17) is 53.6 Å². The molecule has 9 aromatic heterocycles. The van der Waals surface area contributed by atoms with Crippen LogP contribution >= 0.6 is 34.0 Å². The van der Waals surface area contributed by atoms with Gasteiger partial charge in [0, 0.05) is 212 Å². The van der Waals surface area contributed by atoms with Gasteiger partial charge in [-0.05, 0) is 201 Å². The number of benzene rings is 3. The van der Waals surface area contributed by atoms with E-state index in [9.17, 15) is 46.7 Å². The molecule has 3 atom stereocenters. The topological polar surface area (TPSA) is 312 Å². The first kappa shape index (κ1) is 111. The van der Waals surface area contributed by atoms with Gasteiger partial charge in [0.1, 0.15) is 53.4 Å². The number of aliphatic carboxylic acids is 1. The van der Waals surface area contributed by atoms with E-state index in [-0.39, 0.29) is 108 Å². The highest BCUT2D eigenvalue weighted by Gasteiger charge is 2.33. The number of carboxylic acid groups (broad SMARTS) is 1. The SMILES string of the molecule is CC(C)[C@H](C)C(=O)OCCN1CCN(Cc2ccc(-c3cc4nccc(Oc5ccc(CC(=O)CC6CC6)cc5F)c4s3)nc2)CC1.CC(C)[C@H](C)C(=O)OCCN1CCN(Cc2ccc(-c3cc4nccc(Oc5ccc(CC(=O)CC6CC6)cc5F)c4s3)nc2)CC1.CC(C)[C@H](CC(=O)OC(C)(C)C)C(=O)O.O=C(Cc1ccc(Oc2ccnc3cc(-c4ccc(CN5CCN(CCO)CC5)cn4)sc23)c(F)c1)CC1CC1. The van der Waals surface area contributed by atoms with Gasteiger partial charge in [-0.1, -0.05) is 91.8 Å². The van der Waals surface area contributed by atoms with E-state index >= 15 is 0 Å². The summed E-state index contributed by atoms with van der Waals surface area (Å²) in [5.74, 6) is 0.618. The summed E-state index contributed by atoms with van der Waals surface area (Å²) in [5, 5.41) is 18.0. The van der Waals surface area contributed by atoms with Crippen molar-refractivity contribution in [3.05, 3.63) is 215 Å². The zero-order valence-corrected chi connectivity index (χ0v) is 89.7. The maximum absolute atomic E-state index is 15.0. The van der Waals surface area contributed by atoms with E-state index in [0.717, 1.165) is 235 Å². The number of nitrogens with zero attached hydrogens (tertiary/aromatic N) is 12. The van der Waals surface area contributed by atoms with E-state index in [1.165, 1.54) is 52.2 Å². The van der Waals surface area contributed by atoms with Crippen molar-refractivity contribution < 1.29 is 85.4 Å². The molecular weight excluding hydrogens is 1950 g/mol. The van der Waals surface area contributed by atoms with E-state index < -0.39 is 40.9 Å². The lowest BCUT2D eigenvalue weighted by Gasteiger charge is -2.34. The molecule has 27 nitrogen and oxygen atoms in total. The molecule has 0 spiro atoms. The molecule has 33 heteroatoms. The minimum atomic E-state index is -0.948. The Labute approximate surface area is 882 Å². The number of hydrogen-bond donors (Lipinski definition) is 2. The van der Waals surface area contributed by atoms with Gasteiger partial charge in [0.05, 0.1) is 93.1 Å². The van der Waals surface area contributed by atoms with Crippen molar-refractivity contribution in [1.29, 1.82) is 0 Å². The summed E-state index contributed by atoms with van der Waals surface area (Å²) >= 11 is 4.55. The predicted molar refractivity (Wildman–Crippen MR) is 575 cm³/mol. The molecule has 6 aliphatic rings. The molecule has 0 radical (unpaired) electrons. The van der Waals surface area contributed by atoms with Gasteiger partial charge >= 0.3 is 23.9 Å². The quantitative estimate of drug-likeness (QED) is 0.0265. The van der Waals surface area contributed by atoms with E-state index in [1.807, 2.05) is 96.5 Å². The summed E-state index contributed by atoms with van der Waals surface area (Å²) in [7, 11) is 0. The Morgan fingerprint density at radius 3 is 0.946 bits per heavy atom. The number of hydrogen-bond acceptors (Lipinski definition) is 29. The highest BCUT2D eigenvalue weighted by molar-refractivity contribution is 7.23. The lowest BCUT2D eigenvalue weighted by atomic mass is 9.93. The second kappa shape index (κ2) is 52.8. The number of esters is 3. The molecule has 3 saturated heterocycles. The van der Waals surface area contributed by atoms with Crippen molar-refractivity contribution in [3.8, 4) is 66.2 Å². The monoisotopic (exact) mass is 2090 g/mol. The van der Waals surface area contributed by atoms with Crippen LogP contribution < -0.4 is 14.2 Å². The summed E-state index contributed by atoms with van der Waals surface area (Å²) in [4.78, 5) is 128. The number of thiophene rings is 3. The van der Waals surface area contributed by atoms with Crippen molar-refractivity contribution in [2.75, 3.05) is 118 Å². The predicted octanol–water partition coefficient (Wildman–Crippen LogP) is 21.7. The van der Waals surface area contributed by atoms with Gasteiger partial charge in [-0.2, -0.15) is 0 Å². The highest BCUT2D eigenvalue weighted by atomic mass is 32.1.